The van der Waals surface area contributed by atoms with Crippen LogP contribution in [0.3, 0.4) is 0 Å². The monoisotopic (exact) mass is 284 g/mol. The zero-order valence-electron chi connectivity index (χ0n) is 11.3. The Balaban J connectivity index is 2.09. The second-order valence-electron chi connectivity index (χ2n) is 5.04. The summed E-state index contributed by atoms with van der Waals surface area (Å²) in [6.07, 6.45) is 0.697. The highest BCUT2D eigenvalue weighted by Crippen LogP contribution is 2.23. The Morgan fingerprint density at radius 3 is 2.79 bits per heavy atom. The van der Waals surface area contributed by atoms with Crippen LogP contribution in [-0.4, -0.2) is 45.0 Å². The molecule has 19 heavy (non-hydrogen) atoms. The van der Waals surface area contributed by atoms with E-state index in [-0.39, 0.29) is 17.5 Å². The molecule has 1 fully saturated rings. The van der Waals surface area contributed by atoms with Crippen LogP contribution < -0.4 is 10.5 Å². The van der Waals surface area contributed by atoms with Gasteiger partial charge < -0.3 is 10.5 Å². The normalized spacial score (nSPS) is 21.7. The molecule has 1 unspecified atom stereocenters. The molecule has 1 aromatic rings. The molecule has 0 spiro atoms. The predicted molar refractivity (Wildman–Crippen MR) is 75.9 cm³/mol. The van der Waals surface area contributed by atoms with Gasteiger partial charge in [0.2, 0.25) is 0 Å². The summed E-state index contributed by atoms with van der Waals surface area (Å²) >= 11 is 0. The molecule has 1 aliphatic rings. The van der Waals surface area contributed by atoms with E-state index >= 15 is 0 Å². The molecular weight excluding hydrogens is 264 g/mol. The quantitative estimate of drug-likeness (QED) is 0.832. The van der Waals surface area contributed by atoms with Crippen molar-refractivity contribution in [1.82, 2.24) is 4.90 Å². The lowest BCUT2D eigenvalue weighted by Gasteiger charge is -2.24. The lowest BCUT2D eigenvalue weighted by molar-refractivity contribution is 0.254. The first-order valence-corrected chi connectivity index (χ1v) is 8.06. The molecule has 1 atom stereocenters. The summed E-state index contributed by atoms with van der Waals surface area (Å²) in [6.45, 7) is 0.628. The van der Waals surface area contributed by atoms with Crippen LogP contribution in [0.15, 0.2) is 18.2 Å². The topological polar surface area (TPSA) is 72.6 Å². The van der Waals surface area contributed by atoms with E-state index in [4.69, 9.17) is 10.5 Å². The Morgan fingerprint density at radius 1 is 1.47 bits per heavy atom. The molecule has 1 heterocycles. The number of ether oxygens (including phenoxy) is 1. The third-order valence-corrected chi connectivity index (χ3v) is 5.35. The Kier molecular flexibility index (Phi) is 4.01. The predicted octanol–water partition coefficient (Wildman–Crippen LogP) is 0.896. The van der Waals surface area contributed by atoms with Crippen LogP contribution in [0.1, 0.15) is 12.0 Å². The number of hydrogen-bond acceptors (Lipinski definition) is 5. The summed E-state index contributed by atoms with van der Waals surface area (Å²) in [7, 11) is 0.695. The lowest BCUT2D eigenvalue weighted by atomic mass is 10.1. The molecule has 106 valence electrons. The summed E-state index contributed by atoms with van der Waals surface area (Å²) in [5.74, 6) is 1.29. The Labute approximate surface area is 114 Å². The van der Waals surface area contributed by atoms with Crippen LogP contribution in [0.5, 0.6) is 5.75 Å². The first-order valence-electron chi connectivity index (χ1n) is 6.24. The smallest absolute Gasteiger partial charge is 0.151 e. The maximum Gasteiger partial charge on any atom is 0.151 e. The van der Waals surface area contributed by atoms with E-state index in [1.807, 2.05) is 25.2 Å². The SMILES string of the molecule is COc1ccc(N)c(CN(C)C2CCS(=O)(=O)C2)c1. The molecule has 0 amide bonds. The third kappa shape index (κ3) is 3.39. The zero-order valence-corrected chi connectivity index (χ0v) is 12.1. The summed E-state index contributed by atoms with van der Waals surface area (Å²) in [5.41, 5.74) is 7.61. The molecule has 0 aromatic heterocycles. The molecule has 1 aromatic carbocycles. The van der Waals surface area contributed by atoms with E-state index in [0.717, 1.165) is 11.3 Å². The van der Waals surface area contributed by atoms with Crippen molar-refractivity contribution in [3.05, 3.63) is 23.8 Å². The maximum absolute atomic E-state index is 11.5. The molecule has 2 N–H and O–H groups in total. The fourth-order valence-corrected chi connectivity index (χ4v) is 4.17. The minimum Gasteiger partial charge on any atom is -0.497 e. The fourth-order valence-electron chi connectivity index (χ4n) is 2.37. The molecule has 0 saturated carbocycles. The van der Waals surface area contributed by atoms with Gasteiger partial charge in [0, 0.05) is 18.3 Å². The third-order valence-electron chi connectivity index (χ3n) is 3.60. The van der Waals surface area contributed by atoms with Gasteiger partial charge in [0.1, 0.15) is 5.75 Å². The fraction of sp³-hybridized carbons (Fsp3) is 0.538. The minimum atomic E-state index is -2.85. The second kappa shape index (κ2) is 5.38. The number of nitrogens with zero attached hydrogens (tertiary/aromatic N) is 1. The van der Waals surface area contributed by atoms with Crippen molar-refractivity contribution in [2.75, 3.05) is 31.4 Å². The van der Waals surface area contributed by atoms with Gasteiger partial charge in [-0.05, 0) is 37.2 Å². The number of methoxy groups -OCH3 is 1. The van der Waals surface area contributed by atoms with Crippen LogP contribution >= 0.6 is 0 Å². The van der Waals surface area contributed by atoms with E-state index in [9.17, 15) is 8.42 Å². The number of nitrogens with two attached hydrogens (primary N) is 1. The number of benzene rings is 1. The highest BCUT2D eigenvalue weighted by Gasteiger charge is 2.30. The van der Waals surface area contributed by atoms with Crippen LogP contribution in [0, 0.1) is 0 Å². The van der Waals surface area contributed by atoms with Gasteiger partial charge in [0.05, 0.1) is 18.6 Å². The summed E-state index contributed by atoms with van der Waals surface area (Å²) in [5, 5.41) is 0. The molecule has 1 saturated heterocycles. The van der Waals surface area contributed by atoms with Gasteiger partial charge in [-0.15, -0.1) is 0 Å². The largest absolute Gasteiger partial charge is 0.497 e. The molecule has 5 nitrogen and oxygen atoms in total. The number of hydrogen-bond donors (Lipinski definition) is 1. The molecular formula is C13H20N2O3S. The molecule has 1 aliphatic heterocycles. The van der Waals surface area contributed by atoms with Crippen LogP contribution in [0.4, 0.5) is 5.69 Å². The minimum absolute atomic E-state index is 0.0793. The van der Waals surface area contributed by atoms with Crippen LogP contribution in [-0.2, 0) is 16.4 Å². The lowest BCUT2D eigenvalue weighted by Crippen LogP contribution is -2.32. The molecule has 6 heteroatoms. The van der Waals surface area contributed by atoms with Gasteiger partial charge >= 0.3 is 0 Å². The van der Waals surface area contributed by atoms with Crippen LogP contribution in [0.25, 0.3) is 0 Å². The Morgan fingerprint density at radius 2 is 2.21 bits per heavy atom. The van der Waals surface area contributed by atoms with Crippen molar-refractivity contribution in [2.24, 2.45) is 0 Å². The summed E-state index contributed by atoms with van der Waals surface area (Å²) in [6, 6.07) is 5.61. The van der Waals surface area contributed by atoms with E-state index < -0.39 is 9.84 Å². The van der Waals surface area contributed by atoms with E-state index in [2.05, 4.69) is 4.90 Å². The summed E-state index contributed by atoms with van der Waals surface area (Å²) in [4.78, 5) is 2.05. The van der Waals surface area contributed by atoms with Crippen molar-refractivity contribution in [2.45, 2.75) is 19.0 Å². The summed E-state index contributed by atoms with van der Waals surface area (Å²) < 4.78 is 28.2. The maximum atomic E-state index is 11.5. The van der Waals surface area contributed by atoms with Crippen molar-refractivity contribution in [1.29, 1.82) is 0 Å². The van der Waals surface area contributed by atoms with E-state index in [0.29, 0.717) is 18.7 Å². The Hall–Kier alpha value is -1.27. The van der Waals surface area contributed by atoms with Gasteiger partial charge in [-0.2, -0.15) is 0 Å². The van der Waals surface area contributed by atoms with Gasteiger partial charge in [-0.25, -0.2) is 8.42 Å². The zero-order chi connectivity index (χ0) is 14.0. The first kappa shape index (κ1) is 14.1. The number of nitrogen functional groups attached to an aromatic ring is 1. The first-order chi connectivity index (χ1) is 8.91. The van der Waals surface area contributed by atoms with Gasteiger partial charge in [0.15, 0.2) is 9.84 Å². The molecule has 2 rings (SSSR count). The van der Waals surface area contributed by atoms with Gasteiger partial charge in [-0.3, -0.25) is 4.90 Å². The molecule has 0 aliphatic carbocycles. The average molecular weight is 284 g/mol. The highest BCUT2D eigenvalue weighted by atomic mass is 32.2. The van der Waals surface area contributed by atoms with Crippen molar-refractivity contribution < 1.29 is 13.2 Å². The number of sulfone groups is 1. The number of anilines is 1. The number of rotatable bonds is 4. The second-order valence-corrected chi connectivity index (χ2v) is 7.27. The van der Waals surface area contributed by atoms with Crippen molar-refractivity contribution >= 4 is 15.5 Å². The highest BCUT2D eigenvalue weighted by molar-refractivity contribution is 7.91. The standard InChI is InChI=1S/C13H20N2O3S/c1-15(11-5-6-19(16,17)9-11)8-10-7-12(18-2)3-4-13(10)14/h3-4,7,11H,5-6,8-9,14H2,1-2H3. The Bertz CT molecular complexity index is 557. The van der Waals surface area contributed by atoms with Crippen molar-refractivity contribution in [3.63, 3.8) is 0 Å². The van der Waals surface area contributed by atoms with E-state index in [1.165, 1.54) is 0 Å². The van der Waals surface area contributed by atoms with Gasteiger partial charge in [-0.1, -0.05) is 0 Å². The van der Waals surface area contributed by atoms with Crippen molar-refractivity contribution in [3.8, 4) is 5.75 Å². The van der Waals surface area contributed by atoms with Crippen LogP contribution in [0.2, 0.25) is 0 Å². The molecule has 0 bridgehead atoms. The molecule has 0 radical (unpaired) electrons. The van der Waals surface area contributed by atoms with E-state index in [1.54, 1.807) is 7.11 Å². The van der Waals surface area contributed by atoms with Gasteiger partial charge in [0.25, 0.3) is 0 Å². The average Bonchev–Trinajstić information content (AvgIpc) is 2.72.